The molecular formula is C15H13FO4. The van der Waals surface area contributed by atoms with Crippen molar-refractivity contribution in [1.29, 1.82) is 0 Å². The Labute approximate surface area is 115 Å². The average Bonchev–Trinajstić information content (AvgIpc) is 2.46. The smallest absolute Gasteiger partial charge is 0.335 e. The molecule has 104 valence electrons. The van der Waals surface area contributed by atoms with E-state index in [1.807, 2.05) is 0 Å². The van der Waals surface area contributed by atoms with Gasteiger partial charge in [-0.1, -0.05) is 12.1 Å². The summed E-state index contributed by atoms with van der Waals surface area (Å²) in [5.74, 6) is -0.836. The first kappa shape index (κ1) is 13.9. The molecule has 0 fully saturated rings. The van der Waals surface area contributed by atoms with Gasteiger partial charge in [-0.25, -0.2) is 9.18 Å². The maximum Gasteiger partial charge on any atom is 0.335 e. The van der Waals surface area contributed by atoms with Crippen molar-refractivity contribution in [3.63, 3.8) is 0 Å². The molecule has 0 saturated carbocycles. The van der Waals surface area contributed by atoms with Crippen LogP contribution in [0.2, 0.25) is 0 Å². The third-order valence-electron chi connectivity index (χ3n) is 2.76. The zero-order chi connectivity index (χ0) is 14.5. The Bertz CT molecular complexity index is 608. The van der Waals surface area contributed by atoms with Gasteiger partial charge in [0.15, 0.2) is 11.6 Å². The molecule has 0 unspecified atom stereocenters. The standard InChI is InChI=1S/C15H13FO4/c1-19-13-4-2-3-11(14(13)16)9-20-12-7-5-10(6-8-12)15(17)18/h2-8H,9H2,1H3,(H,17,18). The fourth-order valence-corrected chi connectivity index (χ4v) is 1.68. The summed E-state index contributed by atoms with van der Waals surface area (Å²) in [5.41, 5.74) is 0.538. The maximum absolute atomic E-state index is 13.9. The predicted molar refractivity (Wildman–Crippen MR) is 70.7 cm³/mol. The van der Waals surface area contributed by atoms with Crippen molar-refractivity contribution < 1.29 is 23.8 Å². The van der Waals surface area contributed by atoms with E-state index in [1.165, 1.54) is 37.4 Å². The zero-order valence-electron chi connectivity index (χ0n) is 10.8. The molecule has 2 rings (SSSR count). The fourth-order valence-electron chi connectivity index (χ4n) is 1.68. The Morgan fingerprint density at radius 3 is 2.50 bits per heavy atom. The molecule has 0 radical (unpaired) electrons. The van der Waals surface area contributed by atoms with E-state index in [9.17, 15) is 9.18 Å². The number of hydrogen-bond acceptors (Lipinski definition) is 3. The third kappa shape index (κ3) is 3.06. The Hall–Kier alpha value is -2.56. The molecule has 2 aromatic carbocycles. The summed E-state index contributed by atoms with van der Waals surface area (Å²) in [4.78, 5) is 10.7. The summed E-state index contributed by atoms with van der Waals surface area (Å²) in [6.45, 7) is 0.0372. The van der Waals surface area contributed by atoms with Crippen molar-refractivity contribution in [2.45, 2.75) is 6.61 Å². The van der Waals surface area contributed by atoms with Crippen molar-refractivity contribution in [1.82, 2.24) is 0 Å². The lowest BCUT2D eigenvalue weighted by molar-refractivity contribution is 0.0697. The molecule has 20 heavy (non-hydrogen) atoms. The number of hydrogen-bond donors (Lipinski definition) is 1. The number of carboxylic acid groups (broad SMARTS) is 1. The average molecular weight is 276 g/mol. The van der Waals surface area contributed by atoms with Gasteiger partial charge in [-0.15, -0.1) is 0 Å². The number of carbonyl (C=O) groups is 1. The molecule has 5 heteroatoms. The number of aromatic carboxylic acids is 1. The van der Waals surface area contributed by atoms with Gasteiger partial charge in [-0.2, -0.15) is 0 Å². The molecule has 0 bridgehead atoms. The zero-order valence-corrected chi connectivity index (χ0v) is 10.8. The summed E-state index contributed by atoms with van der Waals surface area (Å²) in [7, 11) is 1.40. The Kier molecular flexibility index (Phi) is 4.20. The SMILES string of the molecule is COc1cccc(COc2ccc(C(=O)O)cc2)c1F. The monoisotopic (exact) mass is 276 g/mol. The highest BCUT2D eigenvalue weighted by atomic mass is 19.1. The Morgan fingerprint density at radius 1 is 1.20 bits per heavy atom. The Balaban J connectivity index is 2.07. The minimum atomic E-state index is -1.00. The first-order valence-electron chi connectivity index (χ1n) is 5.89. The minimum absolute atomic E-state index is 0.0372. The van der Waals surface area contributed by atoms with E-state index < -0.39 is 11.8 Å². The summed E-state index contributed by atoms with van der Waals surface area (Å²) < 4.78 is 24.2. The van der Waals surface area contributed by atoms with Crippen LogP contribution >= 0.6 is 0 Å². The van der Waals surface area contributed by atoms with Gasteiger partial charge >= 0.3 is 5.97 Å². The number of methoxy groups -OCH3 is 1. The molecule has 0 saturated heterocycles. The second kappa shape index (κ2) is 6.06. The van der Waals surface area contributed by atoms with Crippen LogP contribution < -0.4 is 9.47 Å². The molecule has 0 amide bonds. The van der Waals surface area contributed by atoms with E-state index in [0.717, 1.165) is 0 Å². The van der Waals surface area contributed by atoms with Crippen molar-refractivity contribution >= 4 is 5.97 Å². The molecular weight excluding hydrogens is 263 g/mol. The van der Waals surface area contributed by atoms with Gasteiger partial charge in [0.05, 0.1) is 12.7 Å². The number of halogens is 1. The fraction of sp³-hybridized carbons (Fsp3) is 0.133. The van der Waals surface area contributed by atoms with Crippen LogP contribution in [-0.4, -0.2) is 18.2 Å². The molecule has 0 heterocycles. The van der Waals surface area contributed by atoms with Crippen LogP contribution in [0.1, 0.15) is 15.9 Å². The molecule has 0 aromatic heterocycles. The summed E-state index contributed by atoms with van der Waals surface area (Å²) in [6, 6.07) is 10.7. The lowest BCUT2D eigenvalue weighted by Crippen LogP contribution is -2.01. The van der Waals surface area contributed by atoms with E-state index in [4.69, 9.17) is 14.6 Å². The van der Waals surface area contributed by atoms with Gasteiger partial charge in [0.2, 0.25) is 0 Å². The number of carboxylic acids is 1. The first-order chi connectivity index (χ1) is 9.61. The Morgan fingerprint density at radius 2 is 1.90 bits per heavy atom. The van der Waals surface area contributed by atoms with Crippen LogP contribution in [0.5, 0.6) is 11.5 Å². The third-order valence-corrected chi connectivity index (χ3v) is 2.76. The van der Waals surface area contributed by atoms with Crippen LogP contribution in [0.4, 0.5) is 4.39 Å². The second-order valence-corrected chi connectivity index (χ2v) is 4.05. The molecule has 0 aliphatic rings. The number of ether oxygens (including phenoxy) is 2. The maximum atomic E-state index is 13.9. The number of benzene rings is 2. The van der Waals surface area contributed by atoms with Gasteiger partial charge in [-0.3, -0.25) is 0 Å². The van der Waals surface area contributed by atoms with Gasteiger partial charge in [0, 0.05) is 5.56 Å². The molecule has 0 atom stereocenters. The highest BCUT2D eigenvalue weighted by molar-refractivity contribution is 5.87. The molecule has 0 aliphatic heterocycles. The number of rotatable bonds is 5. The topological polar surface area (TPSA) is 55.8 Å². The molecule has 2 aromatic rings. The van der Waals surface area contributed by atoms with Crippen molar-refractivity contribution in [2.24, 2.45) is 0 Å². The highest BCUT2D eigenvalue weighted by Crippen LogP contribution is 2.21. The van der Waals surface area contributed by atoms with Crippen LogP contribution in [0.15, 0.2) is 42.5 Å². The molecule has 0 spiro atoms. The quantitative estimate of drug-likeness (QED) is 0.911. The van der Waals surface area contributed by atoms with Gasteiger partial charge in [0.1, 0.15) is 12.4 Å². The first-order valence-corrected chi connectivity index (χ1v) is 5.89. The predicted octanol–water partition coefficient (Wildman–Crippen LogP) is 3.11. The molecule has 1 N–H and O–H groups in total. The lowest BCUT2D eigenvalue weighted by atomic mass is 10.2. The van der Waals surface area contributed by atoms with Gasteiger partial charge in [0.25, 0.3) is 0 Å². The second-order valence-electron chi connectivity index (χ2n) is 4.05. The molecule has 4 nitrogen and oxygen atoms in total. The van der Waals surface area contributed by atoms with E-state index >= 15 is 0 Å². The van der Waals surface area contributed by atoms with Gasteiger partial charge < -0.3 is 14.6 Å². The summed E-state index contributed by atoms with van der Waals surface area (Å²) >= 11 is 0. The van der Waals surface area contributed by atoms with Crippen molar-refractivity contribution in [3.8, 4) is 11.5 Å². The van der Waals surface area contributed by atoms with E-state index in [-0.39, 0.29) is 17.9 Å². The van der Waals surface area contributed by atoms with Crippen LogP contribution in [0, 0.1) is 5.82 Å². The van der Waals surface area contributed by atoms with Crippen molar-refractivity contribution in [3.05, 3.63) is 59.4 Å². The van der Waals surface area contributed by atoms with E-state index in [0.29, 0.717) is 11.3 Å². The van der Waals surface area contributed by atoms with Crippen LogP contribution in [0.3, 0.4) is 0 Å². The lowest BCUT2D eigenvalue weighted by Gasteiger charge is -2.09. The van der Waals surface area contributed by atoms with Crippen LogP contribution in [-0.2, 0) is 6.61 Å². The largest absolute Gasteiger partial charge is 0.494 e. The van der Waals surface area contributed by atoms with E-state index in [2.05, 4.69) is 0 Å². The highest BCUT2D eigenvalue weighted by Gasteiger charge is 2.09. The summed E-state index contributed by atoms with van der Waals surface area (Å²) in [6.07, 6.45) is 0. The van der Waals surface area contributed by atoms with E-state index in [1.54, 1.807) is 12.1 Å². The van der Waals surface area contributed by atoms with Crippen molar-refractivity contribution in [2.75, 3.05) is 7.11 Å². The summed E-state index contributed by atoms with van der Waals surface area (Å²) in [5, 5.41) is 8.77. The minimum Gasteiger partial charge on any atom is -0.494 e. The molecule has 0 aliphatic carbocycles. The normalized spacial score (nSPS) is 10.1. The van der Waals surface area contributed by atoms with Gasteiger partial charge in [-0.05, 0) is 30.3 Å². The van der Waals surface area contributed by atoms with Crippen LogP contribution in [0.25, 0.3) is 0 Å².